The fraction of sp³-hybridized carbons (Fsp3) is 0.444. The molecule has 0 aliphatic carbocycles. The molecular formula is C18H24N8O2S. The monoisotopic (exact) mass is 416 g/mol. The third-order valence-electron chi connectivity index (χ3n) is 5.15. The van der Waals surface area contributed by atoms with Gasteiger partial charge in [0.2, 0.25) is 10.0 Å². The van der Waals surface area contributed by atoms with Crippen LogP contribution < -0.4 is 4.90 Å². The Morgan fingerprint density at radius 3 is 2.28 bits per heavy atom. The van der Waals surface area contributed by atoms with Gasteiger partial charge in [0.1, 0.15) is 16.5 Å². The minimum Gasteiger partial charge on any atom is -0.354 e. The fourth-order valence-electron chi connectivity index (χ4n) is 3.63. The van der Waals surface area contributed by atoms with Crippen LogP contribution in [-0.4, -0.2) is 68.4 Å². The first kappa shape index (κ1) is 19.5. The fourth-order valence-corrected chi connectivity index (χ4v) is 5.46. The van der Waals surface area contributed by atoms with E-state index in [9.17, 15) is 8.42 Å². The first-order valence-electron chi connectivity index (χ1n) is 9.38. The molecule has 0 saturated carbocycles. The molecular weight excluding hydrogens is 392 g/mol. The molecule has 11 heteroatoms. The number of hydrogen-bond donors (Lipinski definition) is 0. The maximum absolute atomic E-state index is 13.2. The van der Waals surface area contributed by atoms with Crippen LogP contribution in [0, 0.1) is 20.8 Å². The average Bonchev–Trinajstić information content (AvgIpc) is 3.30. The van der Waals surface area contributed by atoms with Crippen LogP contribution in [-0.2, 0) is 17.1 Å². The third kappa shape index (κ3) is 3.51. The Hall–Kier alpha value is -2.79. The molecule has 3 aromatic heterocycles. The highest BCUT2D eigenvalue weighted by molar-refractivity contribution is 7.89. The molecule has 1 aliphatic heterocycles. The second kappa shape index (κ2) is 7.23. The van der Waals surface area contributed by atoms with E-state index in [1.165, 1.54) is 4.31 Å². The maximum Gasteiger partial charge on any atom is 0.246 e. The van der Waals surface area contributed by atoms with Gasteiger partial charge in [0, 0.05) is 51.7 Å². The highest BCUT2D eigenvalue weighted by atomic mass is 32.2. The Kier molecular flexibility index (Phi) is 4.87. The third-order valence-corrected chi connectivity index (χ3v) is 7.30. The van der Waals surface area contributed by atoms with E-state index >= 15 is 0 Å². The second-order valence-corrected chi connectivity index (χ2v) is 8.97. The molecule has 0 radical (unpaired) electrons. The summed E-state index contributed by atoms with van der Waals surface area (Å²) in [6.45, 7) is 7.22. The number of nitrogens with zero attached hydrogens (tertiary/aromatic N) is 8. The predicted molar refractivity (Wildman–Crippen MR) is 108 cm³/mol. The van der Waals surface area contributed by atoms with Crippen LogP contribution >= 0.6 is 0 Å². The number of hydrogen-bond acceptors (Lipinski definition) is 7. The molecule has 10 nitrogen and oxygen atoms in total. The van der Waals surface area contributed by atoms with Gasteiger partial charge in [-0.05, 0) is 26.8 Å². The normalized spacial score (nSPS) is 15.8. The number of anilines is 1. The van der Waals surface area contributed by atoms with E-state index in [1.807, 2.05) is 25.3 Å². The van der Waals surface area contributed by atoms with Crippen molar-refractivity contribution < 1.29 is 8.42 Å². The van der Waals surface area contributed by atoms with Gasteiger partial charge in [0.05, 0.1) is 11.4 Å². The molecule has 0 bridgehead atoms. The van der Waals surface area contributed by atoms with Gasteiger partial charge in [-0.25, -0.2) is 23.1 Å². The number of rotatable bonds is 4. The van der Waals surface area contributed by atoms with Gasteiger partial charge in [-0.15, -0.1) is 0 Å². The van der Waals surface area contributed by atoms with Crippen LogP contribution in [0.3, 0.4) is 0 Å². The molecule has 4 rings (SSSR count). The van der Waals surface area contributed by atoms with Gasteiger partial charge in [0.15, 0.2) is 5.82 Å². The van der Waals surface area contributed by atoms with E-state index < -0.39 is 10.0 Å². The van der Waals surface area contributed by atoms with Crippen molar-refractivity contribution in [3.63, 3.8) is 0 Å². The highest BCUT2D eigenvalue weighted by Gasteiger charge is 2.33. The molecule has 3 aromatic rings. The first-order chi connectivity index (χ1) is 13.8. The van der Waals surface area contributed by atoms with Crippen molar-refractivity contribution in [2.45, 2.75) is 25.7 Å². The Labute approximate surface area is 169 Å². The van der Waals surface area contributed by atoms with Gasteiger partial charge in [-0.1, -0.05) is 0 Å². The van der Waals surface area contributed by atoms with E-state index in [2.05, 4.69) is 25.1 Å². The molecule has 1 fully saturated rings. The van der Waals surface area contributed by atoms with E-state index in [-0.39, 0.29) is 0 Å². The number of aromatic nitrogens is 6. The quantitative estimate of drug-likeness (QED) is 0.621. The molecule has 0 atom stereocenters. The van der Waals surface area contributed by atoms with Gasteiger partial charge in [-0.2, -0.15) is 14.5 Å². The van der Waals surface area contributed by atoms with Crippen molar-refractivity contribution in [1.29, 1.82) is 0 Å². The minimum absolute atomic E-state index is 0.312. The molecule has 0 N–H and O–H groups in total. The van der Waals surface area contributed by atoms with Crippen molar-refractivity contribution in [2.75, 3.05) is 31.1 Å². The Bertz CT molecular complexity index is 1130. The summed E-state index contributed by atoms with van der Waals surface area (Å²) in [4.78, 5) is 11.4. The highest BCUT2D eigenvalue weighted by Crippen LogP contribution is 2.25. The number of aryl methyl sites for hydroxylation is 3. The Balaban J connectivity index is 1.54. The lowest BCUT2D eigenvalue weighted by Crippen LogP contribution is -2.49. The molecule has 0 aromatic carbocycles. The first-order valence-corrected chi connectivity index (χ1v) is 10.8. The van der Waals surface area contributed by atoms with Crippen LogP contribution in [0.1, 0.15) is 17.2 Å². The maximum atomic E-state index is 13.2. The second-order valence-electron chi connectivity index (χ2n) is 7.10. The number of sulfonamides is 1. The van der Waals surface area contributed by atoms with Crippen molar-refractivity contribution in [3.8, 4) is 5.82 Å². The Morgan fingerprint density at radius 2 is 1.69 bits per heavy atom. The molecule has 0 unspecified atom stereocenters. The number of piperazine rings is 1. The summed E-state index contributed by atoms with van der Waals surface area (Å²) in [6, 6.07) is 3.71. The van der Waals surface area contributed by atoms with Crippen LogP contribution in [0.4, 0.5) is 5.82 Å². The van der Waals surface area contributed by atoms with Crippen LogP contribution in [0.25, 0.3) is 5.82 Å². The molecule has 29 heavy (non-hydrogen) atoms. The zero-order valence-corrected chi connectivity index (χ0v) is 17.8. The summed E-state index contributed by atoms with van der Waals surface area (Å²) < 4.78 is 31.2. The molecule has 4 heterocycles. The van der Waals surface area contributed by atoms with Gasteiger partial charge >= 0.3 is 0 Å². The Morgan fingerprint density at radius 1 is 1.00 bits per heavy atom. The molecule has 1 aliphatic rings. The summed E-state index contributed by atoms with van der Waals surface area (Å²) in [5.41, 5.74) is 1.18. The smallest absolute Gasteiger partial charge is 0.246 e. The molecule has 0 amide bonds. The predicted octanol–water partition coefficient (Wildman–Crippen LogP) is 0.832. The summed E-state index contributed by atoms with van der Waals surface area (Å²) in [5.74, 6) is 2.10. The topological polar surface area (TPSA) is 102 Å². The largest absolute Gasteiger partial charge is 0.354 e. The average molecular weight is 417 g/mol. The van der Waals surface area contributed by atoms with E-state index in [1.54, 1.807) is 36.5 Å². The van der Waals surface area contributed by atoms with E-state index in [0.29, 0.717) is 54.1 Å². The van der Waals surface area contributed by atoms with Crippen LogP contribution in [0.2, 0.25) is 0 Å². The standard InChI is InChI=1S/C18H24N8O2S/c1-13-18(14(2)23(4)22-13)29(27,28)25-10-8-24(9-11-25)16-12-17(21-15(3)20-16)26-7-5-6-19-26/h5-7,12H,8-11H2,1-4H3. The van der Waals surface area contributed by atoms with E-state index in [0.717, 1.165) is 5.82 Å². The lowest BCUT2D eigenvalue weighted by molar-refractivity contribution is 0.383. The summed E-state index contributed by atoms with van der Waals surface area (Å²) >= 11 is 0. The lowest BCUT2D eigenvalue weighted by atomic mass is 10.3. The molecule has 0 spiro atoms. The van der Waals surface area contributed by atoms with E-state index in [4.69, 9.17) is 0 Å². The molecule has 154 valence electrons. The SMILES string of the molecule is Cc1nc(N2CCN(S(=O)(=O)c3c(C)nn(C)c3C)CC2)cc(-n2cccn2)n1. The zero-order chi connectivity index (χ0) is 20.8. The van der Waals surface area contributed by atoms with Crippen molar-refractivity contribution in [2.24, 2.45) is 7.05 Å². The van der Waals surface area contributed by atoms with Crippen molar-refractivity contribution in [3.05, 3.63) is 41.7 Å². The summed E-state index contributed by atoms with van der Waals surface area (Å²) in [5, 5.41) is 8.48. The summed E-state index contributed by atoms with van der Waals surface area (Å²) in [6.07, 6.45) is 3.53. The zero-order valence-electron chi connectivity index (χ0n) is 16.9. The minimum atomic E-state index is -3.58. The van der Waals surface area contributed by atoms with Crippen molar-refractivity contribution in [1.82, 2.24) is 33.8 Å². The summed E-state index contributed by atoms with van der Waals surface area (Å²) in [7, 11) is -1.83. The van der Waals surface area contributed by atoms with Crippen LogP contribution in [0.5, 0.6) is 0 Å². The molecule has 1 saturated heterocycles. The van der Waals surface area contributed by atoms with Crippen LogP contribution in [0.15, 0.2) is 29.4 Å². The lowest BCUT2D eigenvalue weighted by Gasteiger charge is -2.34. The van der Waals surface area contributed by atoms with Gasteiger partial charge in [0.25, 0.3) is 0 Å². The van der Waals surface area contributed by atoms with Gasteiger partial charge in [-0.3, -0.25) is 4.68 Å². The van der Waals surface area contributed by atoms with Gasteiger partial charge < -0.3 is 4.90 Å². The van der Waals surface area contributed by atoms with Crippen molar-refractivity contribution >= 4 is 15.8 Å².